The summed E-state index contributed by atoms with van der Waals surface area (Å²) in [4.78, 5) is 16.1. The second kappa shape index (κ2) is 5.25. The Bertz CT molecular complexity index is 470. The number of thiophene rings is 1. The van der Waals surface area contributed by atoms with Crippen LogP contribution in [-0.4, -0.2) is 35.1 Å². The largest absolute Gasteiger partial charge is 0.393 e. The molecule has 2 heterocycles. The maximum Gasteiger partial charge on any atom is 0.230 e. The van der Waals surface area contributed by atoms with Crippen LogP contribution < -0.4 is 0 Å². The average Bonchev–Trinajstić information content (AvgIpc) is 2.89. The smallest absolute Gasteiger partial charge is 0.230 e. The molecule has 104 valence electrons. The zero-order valence-corrected chi connectivity index (χ0v) is 12.2. The van der Waals surface area contributed by atoms with Gasteiger partial charge in [0.1, 0.15) is 0 Å². The van der Waals surface area contributed by atoms with Gasteiger partial charge in [0.15, 0.2) is 0 Å². The number of hydrogen-bond acceptors (Lipinski definition) is 3. The normalized spacial score (nSPS) is 31.1. The van der Waals surface area contributed by atoms with E-state index in [1.807, 2.05) is 11.8 Å². The summed E-state index contributed by atoms with van der Waals surface area (Å²) in [6.45, 7) is 3.44. The molecule has 0 saturated carbocycles. The number of likely N-dealkylation sites (tertiary alicyclic amines) is 1. The SMILES string of the molecule is CC1CN(C(=O)C2CCCc3sccc32)CCC1O. The van der Waals surface area contributed by atoms with Crippen LogP contribution in [0.3, 0.4) is 0 Å². The van der Waals surface area contributed by atoms with Gasteiger partial charge in [-0.3, -0.25) is 4.79 Å². The maximum absolute atomic E-state index is 12.7. The molecule has 1 aliphatic heterocycles. The predicted octanol–water partition coefficient (Wildman–Crippen LogP) is 2.40. The molecule has 3 atom stereocenters. The van der Waals surface area contributed by atoms with Crippen LogP contribution in [0.2, 0.25) is 0 Å². The quantitative estimate of drug-likeness (QED) is 0.857. The molecule has 1 amide bonds. The van der Waals surface area contributed by atoms with Crippen LogP contribution in [0.25, 0.3) is 0 Å². The monoisotopic (exact) mass is 279 g/mol. The van der Waals surface area contributed by atoms with Gasteiger partial charge in [0.25, 0.3) is 0 Å². The number of rotatable bonds is 1. The van der Waals surface area contributed by atoms with Crippen molar-refractivity contribution in [3.8, 4) is 0 Å². The number of amides is 1. The molecule has 0 aromatic carbocycles. The van der Waals surface area contributed by atoms with Gasteiger partial charge in [-0.25, -0.2) is 0 Å². The molecular weight excluding hydrogens is 258 g/mol. The van der Waals surface area contributed by atoms with Gasteiger partial charge in [-0.2, -0.15) is 0 Å². The van der Waals surface area contributed by atoms with E-state index < -0.39 is 0 Å². The zero-order valence-electron chi connectivity index (χ0n) is 11.3. The minimum Gasteiger partial charge on any atom is -0.393 e. The van der Waals surface area contributed by atoms with Crippen LogP contribution in [0.4, 0.5) is 0 Å². The Kier molecular flexibility index (Phi) is 3.63. The number of piperidine rings is 1. The fraction of sp³-hybridized carbons (Fsp3) is 0.667. The Morgan fingerprint density at radius 2 is 2.32 bits per heavy atom. The summed E-state index contributed by atoms with van der Waals surface area (Å²) in [6, 6.07) is 2.13. The highest BCUT2D eigenvalue weighted by Crippen LogP contribution is 2.36. The maximum atomic E-state index is 12.7. The summed E-state index contributed by atoms with van der Waals surface area (Å²) in [5.74, 6) is 0.541. The van der Waals surface area contributed by atoms with Crippen molar-refractivity contribution in [2.45, 2.75) is 44.6 Å². The molecule has 1 aromatic heterocycles. The van der Waals surface area contributed by atoms with Gasteiger partial charge in [-0.15, -0.1) is 11.3 Å². The zero-order chi connectivity index (χ0) is 13.4. The van der Waals surface area contributed by atoms with E-state index in [9.17, 15) is 9.90 Å². The Labute approximate surface area is 118 Å². The molecule has 3 rings (SSSR count). The molecule has 3 unspecified atom stereocenters. The Hall–Kier alpha value is -0.870. The highest BCUT2D eigenvalue weighted by Gasteiger charge is 2.34. The first kappa shape index (κ1) is 13.1. The summed E-state index contributed by atoms with van der Waals surface area (Å²) in [5, 5.41) is 11.9. The highest BCUT2D eigenvalue weighted by atomic mass is 32.1. The molecule has 0 spiro atoms. The number of aliphatic hydroxyl groups is 1. The number of aliphatic hydroxyl groups excluding tert-OH is 1. The predicted molar refractivity (Wildman–Crippen MR) is 76.4 cm³/mol. The van der Waals surface area contributed by atoms with E-state index in [1.54, 1.807) is 11.3 Å². The van der Waals surface area contributed by atoms with Crippen molar-refractivity contribution in [3.05, 3.63) is 21.9 Å². The Balaban J connectivity index is 1.75. The van der Waals surface area contributed by atoms with Crippen molar-refractivity contribution in [3.63, 3.8) is 0 Å². The number of carbonyl (C=O) groups excluding carboxylic acids is 1. The molecular formula is C15H21NO2S. The first-order valence-electron chi connectivity index (χ1n) is 7.20. The molecule has 3 nitrogen and oxygen atoms in total. The number of aryl methyl sites for hydroxylation is 1. The van der Waals surface area contributed by atoms with E-state index in [-0.39, 0.29) is 23.8 Å². The Morgan fingerprint density at radius 1 is 1.47 bits per heavy atom. The van der Waals surface area contributed by atoms with E-state index in [0.29, 0.717) is 13.1 Å². The third-order valence-electron chi connectivity index (χ3n) is 4.52. The van der Waals surface area contributed by atoms with E-state index in [0.717, 1.165) is 25.7 Å². The fourth-order valence-electron chi connectivity index (χ4n) is 3.30. The summed E-state index contributed by atoms with van der Waals surface area (Å²) in [5.41, 5.74) is 1.26. The second-order valence-electron chi connectivity index (χ2n) is 5.86. The van der Waals surface area contributed by atoms with Crippen molar-refractivity contribution in [1.82, 2.24) is 4.90 Å². The van der Waals surface area contributed by atoms with Gasteiger partial charge in [0.2, 0.25) is 5.91 Å². The first-order valence-corrected chi connectivity index (χ1v) is 8.08. The van der Waals surface area contributed by atoms with E-state index in [1.165, 1.54) is 10.4 Å². The number of hydrogen-bond donors (Lipinski definition) is 1. The molecule has 2 aliphatic rings. The number of carbonyl (C=O) groups is 1. The van der Waals surface area contributed by atoms with E-state index in [2.05, 4.69) is 11.4 Å². The minimum atomic E-state index is -0.243. The van der Waals surface area contributed by atoms with Gasteiger partial charge in [-0.05, 0) is 48.6 Å². The van der Waals surface area contributed by atoms with E-state index in [4.69, 9.17) is 0 Å². The third-order valence-corrected chi connectivity index (χ3v) is 5.52. The molecule has 1 N–H and O–H groups in total. The van der Waals surface area contributed by atoms with E-state index >= 15 is 0 Å². The highest BCUT2D eigenvalue weighted by molar-refractivity contribution is 7.10. The van der Waals surface area contributed by atoms with Crippen LogP contribution >= 0.6 is 11.3 Å². The van der Waals surface area contributed by atoms with Crippen LogP contribution in [0, 0.1) is 5.92 Å². The van der Waals surface area contributed by atoms with Crippen LogP contribution in [0.1, 0.15) is 42.5 Å². The van der Waals surface area contributed by atoms with Crippen molar-refractivity contribution in [2.75, 3.05) is 13.1 Å². The summed E-state index contributed by atoms with van der Waals surface area (Å²) in [7, 11) is 0. The summed E-state index contributed by atoms with van der Waals surface area (Å²) in [6.07, 6.45) is 3.71. The van der Waals surface area contributed by atoms with Gasteiger partial charge >= 0.3 is 0 Å². The van der Waals surface area contributed by atoms with Crippen molar-refractivity contribution in [1.29, 1.82) is 0 Å². The molecule has 0 bridgehead atoms. The lowest BCUT2D eigenvalue weighted by Crippen LogP contribution is -2.46. The average molecular weight is 279 g/mol. The lowest BCUT2D eigenvalue weighted by atomic mass is 9.85. The van der Waals surface area contributed by atoms with Crippen molar-refractivity contribution < 1.29 is 9.90 Å². The molecule has 1 fully saturated rings. The summed E-state index contributed by atoms with van der Waals surface area (Å²) >= 11 is 1.78. The number of nitrogens with zero attached hydrogens (tertiary/aromatic N) is 1. The fourth-order valence-corrected chi connectivity index (χ4v) is 4.28. The van der Waals surface area contributed by atoms with Crippen molar-refractivity contribution in [2.24, 2.45) is 5.92 Å². The van der Waals surface area contributed by atoms with Gasteiger partial charge in [0.05, 0.1) is 12.0 Å². The van der Waals surface area contributed by atoms with Crippen molar-refractivity contribution >= 4 is 17.2 Å². The van der Waals surface area contributed by atoms with Gasteiger partial charge in [-0.1, -0.05) is 6.92 Å². The van der Waals surface area contributed by atoms with Crippen LogP contribution in [-0.2, 0) is 11.2 Å². The lowest BCUT2D eigenvalue weighted by Gasteiger charge is -2.37. The third kappa shape index (κ3) is 2.43. The summed E-state index contributed by atoms with van der Waals surface area (Å²) < 4.78 is 0. The standard InChI is InChI=1S/C15H21NO2S/c1-10-9-16(7-5-13(10)17)15(18)12-3-2-4-14-11(12)6-8-19-14/h6,8,10,12-13,17H,2-5,7,9H2,1H3. The molecule has 19 heavy (non-hydrogen) atoms. The minimum absolute atomic E-state index is 0.0671. The second-order valence-corrected chi connectivity index (χ2v) is 6.86. The molecule has 1 saturated heterocycles. The first-order chi connectivity index (χ1) is 9.16. The lowest BCUT2D eigenvalue weighted by molar-refractivity contribution is -0.136. The molecule has 4 heteroatoms. The molecule has 1 aliphatic carbocycles. The van der Waals surface area contributed by atoms with Gasteiger partial charge in [0, 0.05) is 18.0 Å². The van der Waals surface area contributed by atoms with Crippen LogP contribution in [0.15, 0.2) is 11.4 Å². The topological polar surface area (TPSA) is 40.5 Å². The Morgan fingerprint density at radius 3 is 3.11 bits per heavy atom. The molecule has 1 aromatic rings. The van der Waals surface area contributed by atoms with Gasteiger partial charge < -0.3 is 10.0 Å². The number of fused-ring (bicyclic) bond motifs is 1. The van der Waals surface area contributed by atoms with Crippen LogP contribution in [0.5, 0.6) is 0 Å². The molecule has 0 radical (unpaired) electrons.